The van der Waals surface area contributed by atoms with Crippen LogP contribution in [0.15, 0.2) is 12.1 Å². The van der Waals surface area contributed by atoms with Gasteiger partial charge in [0.15, 0.2) is 5.65 Å². The van der Waals surface area contributed by atoms with Gasteiger partial charge in [0.25, 0.3) is 0 Å². The van der Waals surface area contributed by atoms with Crippen molar-refractivity contribution in [3.8, 4) is 0 Å². The van der Waals surface area contributed by atoms with E-state index >= 15 is 0 Å². The fourth-order valence-electron chi connectivity index (χ4n) is 1.35. The first kappa shape index (κ1) is 10.7. The number of hydrogen-bond donors (Lipinski definition) is 1. The van der Waals surface area contributed by atoms with Gasteiger partial charge in [-0.1, -0.05) is 0 Å². The molecule has 0 saturated carbocycles. The van der Waals surface area contributed by atoms with Gasteiger partial charge in [0, 0.05) is 19.8 Å². The number of rotatable bonds is 5. The summed E-state index contributed by atoms with van der Waals surface area (Å²) in [5, 5.41) is 18.5. The fraction of sp³-hybridized carbons (Fsp3) is 0.556. The zero-order chi connectivity index (χ0) is 11.4. The molecule has 0 radical (unpaired) electrons. The molecule has 0 bridgehead atoms. The standard InChI is InChI=1S/C9H14N6O/c1-7(5-6-16-2)10-8-3-4-9-11-13-14-15(9)12-8/h3-4,7H,5-6H2,1-2H3,(H,10,12). The Labute approximate surface area is 92.8 Å². The molecule has 0 fully saturated rings. The second-order valence-electron chi connectivity index (χ2n) is 3.57. The first-order chi connectivity index (χ1) is 7.79. The topological polar surface area (TPSA) is 77.2 Å². The number of ether oxygens (including phenoxy) is 1. The van der Waals surface area contributed by atoms with E-state index in [0.717, 1.165) is 18.8 Å². The molecule has 0 aromatic carbocycles. The molecule has 7 nitrogen and oxygen atoms in total. The highest BCUT2D eigenvalue weighted by molar-refractivity contribution is 5.42. The molecule has 2 aromatic rings. The van der Waals surface area contributed by atoms with Crippen molar-refractivity contribution in [2.75, 3.05) is 19.0 Å². The maximum atomic E-state index is 5.01. The van der Waals surface area contributed by atoms with Gasteiger partial charge in [-0.05, 0) is 35.9 Å². The zero-order valence-electron chi connectivity index (χ0n) is 9.29. The smallest absolute Gasteiger partial charge is 0.200 e. The summed E-state index contributed by atoms with van der Waals surface area (Å²) in [4.78, 5) is 0. The third-order valence-corrected chi connectivity index (χ3v) is 2.22. The lowest BCUT2D eigenvalue weighted by Gasteiger charge is -2.13. The van der Waals surface area contributed by atoms with E-state index in [2.05, 4.69) is 32.9 Å². The van der Waals surface area contributed by atoms with Crippen molar-refractivity contribution < 1.29 is 4.74 Å². The van der Waals surface area contributed by atoms with Crippen LogP contribution < -0.4 is 5.32 Å². The van der Waals surface area contributed by atoms with Crippen LogP contribution in [0.3, 0.4) is 0 Å². The van der Waals surface area contributed by atoms with Crippen molar-refractivity contribution in [1.82, 2.24) is 25.3 Å². The number of hydrogen-bond acceptors (Lipinski definition) is 6. The van der Waals surface area contributed by atoms with Crippen LogP contribution in [0.5, 0.6) is 0 Å². The molecule has 2 aromatic heterocycles. The minimum atomic E-state index is 0.293. The highest BCUT2D eigenvalue weighted by Gasteiger charge is 2.04. The molecule has 1 unspecified atom stereocenters. The van der Waals surface area contributed by atoms with Gasteiger partial charge in [-0.3, -0.25) is 0 Å². The SMILES string of the molecule is COCCC(C)Nc1ccc2nnnn2n1. The Kier molecular flexibility index (Phi) is 3.25. The van der Waals surface area contributed by atoms with Crippen LogP contribution in [-0.2, 0) is 4.74 Å². The minimum absolute atomic E-state index is 0.293. The van der Waals surface area contributed by atoms with Crippen molar-refractivity contribution in [3.63, 3.8) is 0 Å². The Morgan fingerprint density at radius 2 is 2.38 bits per heavy atom. The van der Waals surface area contributed by atoms with E-state index in [9.17, 15) is 0 Å². The Morgan fingerprint density at radius 3 is 3.19 bits per heavy atom. The van der Waals surface area contributed by atoms with Crippen LogP contribution >= 0.6 is 0 Å². The first-order valence-corrected chi connectivity index (χ1v) is 5.10. The third-order valence-electron chi connectivity index (χ3n) is 2.22. The number of tetrazole rings is 1. The van der Waals surface area contributed by atoms with E-state index in [-0.39, 0.29) is 0 Å². The van der Waals surface area contributed by atoms with Crippen LogP contribution in [0.4, 0.5) is 5.82 Å². The highest BCUT2D eigenvalue weighted by Crippen LogP contribution is 2.06. The molecule has 1 N–H and O–H groups in total. The Bertz CT molecular complexity index is 456. The van der Waals surface area contributed by atoms with Gasteiger partial charge in [-0.15, -0.1) is 14.8 Å². The molecule has 0 aliphatic carbocycles. The number of nitrogens with zero attached hydrogens (tertiary/aromatic N) is 5. The number of fused-ring (bicyclic) bond motifs is 1. The summed E-state index contributed by atoms with van der Waals surface area (Å²) in [5.41, 5.74) is 0.634. The third kappa shape index (κ3) is 2.43. The molecule has 0 spiro atoms. The molecule has 1 atom stereocenters. The monoisotopic (exact) mass is 222 g/mol. The summed E-state index contributed by atoms with van der Waals surface area (Å²) in [6.07, 6.45) is 0.922. The number of aromatic nitrogens is 5. The normalized spacial score (nSPS) is 12.9. The average molecular weight is 222 g/mol. The van der Waals surface area contributed by atoms with E-state index in [0.29, 0.717) is 11.7 Å². The highest BCUT2D eigenvalue weighted by atomic mass is 16.5. The van der Waals surface area contributed by atoms with Crippen molar-refractivity contribution in [3.05, 3.63) is 12.1 Å². The van der Waals surface area contributed by atoms with E-state index < -0.39 is 0 Å². The molecule has 86 valence electrons. The Hall–Kier alpha value is -1.76. The van der Waals surface area contributed by atoms with E-state index in [1.165, 1.54) is 4.63 Å². The lowest BCUT2D eigenvalue weighted by Crippen LogP contribution is -2.18. The minimum Gasteiger partial charge on any atom is -0.385 e. The summed E-state index contributed by atoms with van der Waals surface area (Å²) in [6, 6.07) is 3.97. The molecule has 0 saturated heterocycles. The summed E-state index contributed by atoms with van der Waals surface area (Å²) < 4.78 is 6.40. The molecule has 2 heterocycles. The van der Waals surface area contributed by atoms with Gasteiger partial charge in [0.05, 0.1) is 0 Å². The molecular weight excluding hydrogens is 208 g/mol. The van der Waals surface area contributed by atoms with E-state index in [1.54, 1.807) is 7.11 Å². The molecule has 16 heavy (non-hydrogen) atoms. The van der Waals surface area contributed by atoms with Crippen LogP contribution in [0.2, 0.25) is 0 Å². The molecule has 2 rings (SSSR count). The second kappa shape index (κ2) is 4.84. The van der Waals surface area contributed by atoms with Gasteiger partial charge in [0.2, 0.25) is 0 Å². The maximum absolute atomic E-state index is 5.01. The van der Waals surface area contributed by atoms with Gasteiger partial charge in [-0.2, -0.15) is 0 Å². The van der Waals surface area contributed by atoms with Crippen LogP contribution in [0.1, 0.15) is 13.3 Å². The van der Waals surface area contributed by atoms with Crippen molar-refractivity contribution in [2.24, 2.45) is 0 Å². The quantitative estimate of drug-likeness (QED) is 0.786. The Balaban J connectivity index is 2.03. The zero-order valence-corrected chi connectivity index (χ0v) is 9.29. The summed E-state index contributed by atoms with van der Waals surface area (Å²) >= 11 is 0. The predicted octanol–water partition coefficient (Wildman–Crippen LogP) is 0.356. The predicted molar refractivity (Wildman–Crippen MR) is 58.2 cm³/mol. The largest absolute Gasteiger partial charge is 0.385 e. The lowest BCUT2D eigenvalue weighted by molar-refractivity contribution is 0.191. The molecule has 0 amide bonds. The fourth-order valence-corrected chi connectivity index (χ4v) is 1.35. The number of nitrogens with one attached hydrogen (secondary N) is 1. The van der Waals surface area contributed by atoms with Crippen LogP contribution in [0.25, 0.3) is 5.65 Å². The van der Waals surface area contributed by atoms with Crippen LogP contribution in [0, 0.1) is 0 Å². The van der Waals surface area contributed by atoms with Crippen molar-refractivity contribution >= 4 is 11.5 Å². The van der Waals surface area contributed by atoms with Crippen molar-refractivity contribution in [2.45, 2.75) is 19.4 Å². The molecular formula is C9H14N6O. The van der Waals surface area contributed by atoms with Gasteiger partial charge >= 0.3 is 0 Å². The molecule has 0 aliphatic heterocycles. The van der Waals surface area contributed by atoms with E-state index in [1.807, 2.05) is 12.1 Å². The summed E-state index contributed by atoms with van der Waals surface area (Å²) in [7, 11) is 1.69. The summed E-state index contributed by atoms with van der Waals surface area (Å²) in [5.74, 6) is 0.753. The van der Waals surface area contributed by atoms with Crippen LogP contribution in [-0.4, -0.2) is 45.0 Å². The van der Waals surface area contributed by atoms with Gasteiger partial charge < -0.3 is 10.1 Å². The molecule has 7 heteroatoms. The summed E-state index contributed by atoms with van der Waals surface area (Å²) in [6.45, 7) is 2.80. The number of methoxy groups -OCH3 is 1. The number of anilines is 1. The van der Waals surface area contributed by atoms with Gasteiger partial charge in [-0.25, -0.2) is 0 Å². The van der Waals surface area contributed by atoms with E-state index in [4.69, 9.17) is 4.74 Å². The Morgan fingerprint density at radius 1 is 1.50 bits per heavy atom. The average Bonchev–Trinajstić information content (AvgIpc) is 2.73. The second-order valence-corrected chi connectivity index (χ2v) is 3.57. The maximum Gasteiger partial charge on any atom is 0.200 e. The van der Waals surface area contributed by atoms with Gasteiger partial charge in [0.1, 0.15) is 5.82 Å². The first-order valence-electron chi connectivity index (χ1n) is 5.10. The lowest BCUT2D eigenvalue weighted by atomic mass is 10.2. The van der Waals surface area contributed by atoms with Crippen molar-refractivity contribution in [1.29, 1.82) is 0 Å². The molecule has 0 aliphatic rings.